The number of ether oxygens (including phenoxy) is 1. The summed E-state index contributed by atoms with van der Waals surface area (Å²) in [6, 6.07) is 7.54. The molecule has 23 heavy (non-hydrogen) atoms. The van der Waals surface area contributed by atoms with Crippen LogP contribution in [0.15, 0.2) is 39.5 Å². The Morgan fingerprint density at radius 1 is 1.13 bits per heavy atom. The van der Waals surface area contributed by atoms with E-state index >= 15 is 0 Å². The average molecular weight is 313 g/mol. The fourth-order valence-corrected chi connectivity index (χ4v) is 2.93. The molecule has 0 aliphatic carbocycles. The maximum Gasteiger partial charge on any atom is 0.204 e. The van der Waals surface area contributed by atoms with Crippen molar-refractivity contribution in [1.29, 1.82) is 0 Å². The van der Waals surface area contributed by atoms with Crippen LogP contribution < -0.4 is 10.7 Å². The zero-order valence-corrected chi connectivity index (χ0v) is 12.2. The maximum atomic E-state index is 12.6. The Morgan fingerprint density at radius 3 is 2.78 bits per heavy atom. The van der Waals surface area contributed by atoms with Gasteiger partial charge in [-0.25, -0.2) is 0 Å². The highest BCUT2D eigenvalue weighted by Gasteiger charge is 2.20. The van der Waals surface area contributed by atoms with Crippen molar-refractivity contribution in [3.8, 4) is 11.5 Å². The van der Waals surface area contributed by atoms with Gasteiger partial charge in [-0.3, -0.25) is 4.79 Å². The number of fused-ring (bicyclic) bond motifs is 2. The van der Waals surface area contributed by atoms with Crippen LogP contribution in [0.4, 0.5) is 0 Å². The Labute approximate surface area is 130 Å². The standard InChI is InChI=1S/C17H15NO5/c19-10-1-2-11-13(7-10)23-14-6-9(15-8-18-3-4-22-15)5-12(20)16(14)17(11)21/h1-2,5-7,15,18-20H,3-4,8H2. The molecule has 0 saturated carbocycles. The minimum Gasteiger partial charge on any atom is -0.508 e. The van der Waals surface area contributed by atoms with Gasteiger partial charge in [-0.2, -0.15) is 0 Å². The van der Waals surface area contributed by atoms with E-state index < -0.39 is 0 Å². The molecule has 1 fully saturated rings. The number of phenols is 2. The zero-order chi connectivity index (χ0) is 16.0. The molecule has 3 aromatic rings. The molecule has 0 spiro atoms. The smallest absolute Gasteiger partial charge is 0.204 e. The number of phenolic OH excluding ortho intramolecular Hbond substituents is 2. The number of hydrogen-bond donors (Lipinski definition) is 3. The molecule has 6 heteroatoms. The van der Waals surface area contributed by atoms with Crippen molar-refractivity contribution in [2.75, 3.05) is 19.7 Å². The average Bonchev–Trinajstić information content (AvgIpc) is 2.55. The molecule has 0 bridgehead atoms. The number of morpholine rings is 1. The van der Waals surface area contributed by atoms with Gasteiger partial charge >= 0.3 is 0 Å². The second-order valence-corrected chi connectivity index (χ2v) is 5.59. The summed E-state index contributed by atoms with van der Waals surface area (Å²) in [4.78, 5) is 12.6. The first kappa shape index (κ1) is 14.0. The molecule has 1 atom stereocenters. The molecule has 1 saturated heterocycles. The largest absolute Gasteiger partial charge is 0.508 e. The van der Waals surface area contributed by atoms with Crippen molar-refractivity contribution in [3.05, 3.63) is 46.1 Å². The van der Waals surface area contributed by atoms with E-state index in [1.54, 1.807) is 12.1 Å². The minimum absolute atomic E-state index is 0.0141. The van der Waals surface area contributed by atoms with Gasteiger partial charge in [-0.15, -0.1) is 0 Å². The normalized spacial score (nSPS) is 18.5. The van der Waals surface area contributed by atoms with Gasteiger partial charge in [0.15, 0.2) is 0 Å². The number of nitrogens with one attached hydrogen (secondary N) is 1. The molecule has 1 aliphatic heterocycles. The van der Waals surface area contributed by atoms with E-state index in [0.29, 0.717) is 18.5 Å². The summed E-state index contributed by atoms with van der Waals surface area (Å²) < 4.78 is 11.4. The van der Waals surface area contributed by atoms with Crippen molar-refractivity contribution < 1.29 is 19.4 Å². The first-order valence-corrected chi connectivity index (χ1v) is 7.38. The Hall–Kier alpha value is -2.57. The van der Waals surface area contributed by atoms with Crippen LogP contribution in [0.25, 0.3) is 21.9 Å². The fourth-order valence-electron chi connectivity index (χ4n) is 2.93. The summed E-state index contributed by atoms with van der Waals surface area (Å²) in [5.41, 5.74) is 0.969. The molecule has 3 N–H and O–H groups in total. The van der Waals surface area contributed by atoms with Crippen LogP contribution in [0.5, 0.6) is 11.5 Å². The van der Waals surface area contributed by atoms with Gasteiger partial charge in [0, 0.05) is 19.2 Å². The second-order valence-electron chi connectivity index (χ2n) is 5.59. The minimum atomic E-state index is -0.326. The molecular weight excluding hydrogens is 298 g/mol. The molecule has 1 unspecified atom stereocenters. The van der Waals surface area contributed by atoms with E-state index in [0.717, 1.165) is 12.1 Å². The highest BCUT2D eigenvalue weighted by molar-refractivity contribution is 5.93. The SMILES string of the molecule is O=c1c2ccc(O)cc2oc2cc(C3CNCCO3)cc(O)c12. The lowest BCUT2D eigenvalue weighted by molar-refractivity contribution is 0.0276. The topological polar surface area (TPSA) is 91.9 Å². The van der Waals surface area contributed by atoms with E-state index in [-0.39, 0.29) is 39.6 Å². The third-order valence-corrected chi connectivity index (χ3v) is 4.06. The monoisotopic (exact) mass is 313 g/mol. The van der Waals surface area contributed by atoms with Crippen LogP contribution in [-0.2, 0) is 4.74 Å². The first-order valence-electron chi connectivity index (χ1n) is 7.38. The first-order chi connectivity index (χ1) is 11.1. The van der Waals surface area contributed by atoms with E-state index in [1.807, 2.05) is 0 Å². The predicted molar refractivity (Wildman–Crippen MR) is 84.9 cm³/mol. The highest BCUT2D eigenvalue weighted by atomic mass is 16.5. The summed E-state index contributed by atoms with van der Waals surface area (Å²) in [6.07, 6.45) is -0.204. The summed E-state index contributed by atoms with van der Waals surface area (Å²) in [7, 11) is 0. The van der Waals surface area contributed by atoms with Crippen molar-refractivity contribution in [2.24, 2.45) is 0 Å². The lowest BCUT2D eigenvalue weighted by Gasteiger charge is -2.24. The van der Waals surface area contributed by atoms with Crippen molar-refractivity contribution >= 4 is 21.9 Å². The Bertz CT molecular complexity index is 956. The third kappa shape index (κ3) is 2.32. The van der Waals surface area contributed by atoms with Gasteiger partial charge in [0.1, 0.15) is 28.1 Å². The Kier molecular flexibility index (Phi) is 3.21. The van der Waals surface area contributed by atoms with Gasteiger partial charge in [0.2, 0.25) is 5.43 Å². The van der Waals surface area contributed by atoms with Crippen LogP contribution in [-0.4, -0.2) is 29.9 Å². The van der Waals surface area contributed by atoms with Gasteiger partial charge in [0.25, 0.3) is 0 Å². The summed E-state index contributed by atoms with van der Waals surface area (Å²) in [5.74, 6) is -0.115. The molecule has 0 amide bonds. The van der Waals surface area contributed by atoms with Crippen LogP contribution in [0.2, 0.25) is 0 Å². The second kappa shape index (κ2) is 5.26. The van der Waals surface area contributed by atoms with Gasteiger partial charge in [-0.1, -0.05) is 0 Å². The fraction of sp³-hybridized carbons (Fsp3) is 0.235. The molecule has 6 nitrogen and oxygen atoms in total. The molecule has 2 aromatic carbocycles. The van der Waals surface area contributed by atoms with Gasteiger partial charge in [0.05, 0.1) is 18.1 Å². The lowest BCUT2D eigenvalue weighted by atomic mass is 10.0. The lowest BCUT2D eigenvalue weighted by Crippen LogP contribution is -2.33. The summed E-state index contributed by atoms with van der Waals surface area (Å²) in [6.45, 7) is 2.00. The van der Waals surface area contributed by atoms with Crippen molar-refractivity contribution in [2.45, 2.75) is 6.10 Å². The molecule has 1 aliphatic rings. The van der Waals surface area contributed by atoms with Gasteiger partial charge < -0.3 is 24.7 Å². The molecule has 4 rings (SSSR count). The maximum absolute atomic E-state index is 12.6. The summed E-state index contributed by atoms with van der Waals surface area (Å²) in [5, 5.41) is 23.5. The highest BCUT2D eigenvalue weighted by Crippen LogP contribution is 2.31. The Balaban J connectivity index is 1.97. The van der Waals surface area contributed by atoms with E-state index in [4.69, 9.17) is 9.15 Å². The van der Waals surface area contributed by atoms with E-state index in [9.17, 15) is 15.0 Å². The van der Waals surface area contributed by atoms with Crippen molar-refractivity contribution in [3.63, 3.8) is 0 Å². The van der Waals surface area contributed by atoms with E-state index in [2.05, 4.69) is 5.32 Å². The van der Waals surface area contributed by atoms with Crippen LogP contribution in [0.3, 0.4) is 0 Å². The summed E-state index contributed by atoms with van der Waals surface area (Å²) >= 11 is 0. The van der Waals surface area contributed by atoms with Crippen LogP contribution in [0.1, 0.15) is 11.7 Å². The number of rotatable bonds is 1. The van der Waals surface area contributed by atoms with Crippen LogP contribution in [0, 0.1) is 0 Å². The number of benzene rings is 2. The molecule has 2 heterocycles. The number of hydrogen-bond acceptors (Lipinski definition) is 6. The van der Waals surface area contributed by atoms with Crippen molar-refractivity contribution in [1.82, 2.24) is 5.32 Å². The zero-order valence-electron chi connectivity index (χ0n) is 12.2. The molecule has 118 valence electrons. The Morgan fingerprint density at radius 2 is 2.00 bits per heavy atom. The molecular formula is C17H15NO5. The third-order valence-electron chi connectivity index (χ3n) is 4.06. The quantitative estimate of drug-likeness (QED) is 0.595. The predicted octanol–water partition coefficient (Wildman–Crippen LogP) is 2.02. The molecule has 0 radical (unpaired) electrons. The van der Waals surface area contributed by atoms with E-state index in [1.165, 1.54) is 18.2 Å². The molecule has 1 aromatic heterocycles. The number of aromatic hydroxyl groups is 2. The van der Waals surface area contributed by atoms with Gasteiger partial charge in [-0.05, 0) is 29.8 Å². The van der Waals surface area contributed by atoms with Crippen LogP contribution >= 0.6 is 0 Å².